The number of carbonyl (C=O) groups is 1. The zero-order valence-corrected chi connectivity index (χ0v) is 20.5. The normalized spacial score (nSPS) is 23.3. The summed E-state index contributed by atoms with van der Waals surface area (Å²) in [5, 5.41) is 7.11. The first-order valence-corrected chi connectivity index (χ1v) is 11.5. The fourth-order valence-corrected chi connectivity index (χ4v) is 5.25. The summed E-state index contributed by atoms with van der Waals surface area (Å²) in [5.41, 5.74) is 2.79. The summed E-state index contributed by atoms with van der Waals surface area (Å²) in [6.45, 7) is 7.12. The summed E-state index contributed by atoms with van der Waals surface area (Å²) in [5.74, 6) is 0.569. The van der Waals surface area contributed by atoms with Gasteiger partial charge in [0.1, 0.15) is 5.92 Å². The van der Waals surface area contributed by atoms with Crippen molar-refractivity contribution in [2.45, 2.75) is 39.0 Å². The van der Waals surface area contributed by atoms with Gasteiger partial charge >= 0.3 is 0 Å². The van der Waals surface area contributed by atoms with Crippen LogP contribution >= 0.6 is 12.2 Å². The number of aryl methyl sites for hydroxylation is 2. The van der Waals surface area contributed by atoms with E-state index in [0.29, 0.717) is 29.8 Å². The number of nitrogens with zero attached hydrogens (tertiary/aromatic N) is 1. The van der Waals surface area contributed by atoms with Crippen molar-refractivity contribution < 1.29 is 19.0 Å². The predicted octanol–water partition coefficient (Wildman–Crippen LogP) is 3.94. The molecule has 0 saturated carbocycles. The highest BCUT2D eigenvalue weighted by Gasteiger charge is 2.59. The summed E-state index contributed by atoms with van der Waals surface area (Å²) in [4.78, 5) is 15.8. The second kappa shape index (κ2) is 9.19. The van der Waals surface area contributed by atoms with Gasteiger partial charge in [-0.25, -0.2) is 0 Å². The molecule has 2 aromatic rings. The number of amides is 1. The molecule has 3 atom stereocenters. The van der Waals surface area contributed by atoms with E-state index in [-0.39, 0.29) is 11.9 Å². The molecule has 2 aromatic carbocycles. The van der Waals surface area contributed by atoms with Crippen molar-refractivity contribution in [3.8, 4) is 11.5 Å². The third-order valence-electron chi connectivity index (χ3n) is 6.50. The van der Waals surface area contributed by atoms with Crippen molar-refractivity contribution in [2.24, 2.45) is 5.92 Å². The quantitative estimate of drug-likeness (QED) is 0.470. The Labute approximate surface area is 200 Å². The van der Waals surface area contributed by atoms with Gasteiger partial charge in [-0.3, -0.25) is 4.79 Å². The van der Waals surface area contributed by atoms with Gasteiger partial charge in [-0.05, 0) is 57.1 Å². The van der Waals surface area contributed by atoms with Gasteiger partial charge in [0.25, 0.3) is 0 Å². The Hall–Kier alpha value is -2.84. The van der Waals surface area contributed by atoms with E-state index in [1.54, 1.807) is 14.2 Å². The number of anilines is 1. The maximum Gasteiger partial charge on any atom is 0.236 e. The molecule has 2 heterocycles. The van der Waals surface area contributed by atoms with Crippen molar-refractivity contribution in [1.29, 1.82) is 0 Å². The summed E-state index contributed by atoms with van der Waals surface area (Å²) in [6.07, 6.45) is 0.742. The number of para-hydroxylation sites is 1. The van der Waals surface area contributed by atoms with E-state index < -0.39 is 11.6 Å². The molecule has 2 N–H and O–H groups in total. The summed E-state index contributed by atoms with van der Waals surface area (Å²) >= 11 is 5.73. The maximum absolute atomic E-state index is 13.8. The lowest BCUT2D eigenvalue weighted by atomic mass is 9.78. The molecule has 0 radical (unpaired) electrons. The summed E-state index contributed by atoms with van der Waals surface area (Å²) < 4.78 is 17.4. The number of hydrogen-bond donors (Lipinski definition) is 2. The van der Waals surface area contributed by atoms with Crippen molar-refractivity contribution in [1.82, 2.24) is 10.2 Å². The van der Waals surface area contributed by atoms with Crippen LogP contribution in [0.1, 0.15) is 36.1 Å². The Bertz CT molecular complexity index is 1080. The zero-order valence-electron chi connectivity index (χ0n) is 19.7. The second-order valence-electron chi connectivity index (χ2n) is 8.75. The molecule has 0 aromatic heterocycles. The molecule has 8 heteroatoms. The van der Waals surface area contributed by atoms with Crippen LogP contribution in [-0.2, 0) is 9.53 Å². The smallest absolute Gasteiger partial charge is 0.236 e. The first kappa shape index (κ1) is 23.3. The Morgan fingerprint density at radius 3 is 2.76 bits per heavy atom. The van der Waals surface area contributed by atoms with Gasteiger partial charge in [-0.15, -0.1) is 0 Å². The first-order valence-electron chi connectivity index (χ1n) is 11.1. The lowest BCUT2D eigenvalue weighted by molar-refractivity contribution is -0.150. The van der Waals surface area contributed by atoms with Crippen LogP contribution in [-0.4, -0.2) is 49.0 Å². The minimum Gasteiger partial charge on any atom is -0.493 e. The molecule has 2 aliphatic rings. The molecule has 0 spiro atoms. The van der Waals surface area contributed by atoms with Gasteiger partial charge in [0.2, 0.25) is 5.91 Å². The highest BCUT2D eigenvalue weighted by Crippen LogP contribution is 2.51. The summed E-state index contributed by atoms with van der Waals surface area (Å²) in [6, 6.07) is 11.4. The minimum atomic E-state index is -1.01. The van der Waals surface area contributed by atoms with Gasteiger partial charge in [0.05, 0.1) is 13.2 Å². The Balaban J connectivity index is 1.76. The van der Waals surface area contributed by atoms with Crippen LogP contribution in [0.4, 0.5) is 5.69 Å². The third kappa shape index (κ3) is 4.13. The monoisotopic (exact) mass is 469 g/mol. The van der Waals surface area contributed by atoms with Crippen LogP contribution in [0.3, 0.4) is 0 Å². The van der Waals surface area contributed by atoms with Crippen LogP contribution < -0.4 is 20.1 Å². The number of methoxy groups -OCH3 is 2. The van der Waals surface area contributed by atoms with Gasteiger partial charge in [0, 0.05) is 31.5 Å². The maximum atomic E-state index is 13.8. The SMILES string of the molecule is COCCCN1C(=S)N[C@H]2c3cccc(OC)c3O[C@@]1(C)[C@H]2C(=O)Nc1ccc(C)cc1C. The summed E-state index contributed by atoms with van der Waals surface area (Å²) in [7, 11) is 3.29. The number of nitrogens with one attached hydrogen (secondary N) is 2. The van der Waals surface area contributed by atoms with Crippen LogP contribution in [0.15, 0.2) is 36.4 Å². The molecular formula is C25H31N3O4S. The highest BCUT2D eigenvalue weighted by molar-refractivity contribution is 7.80. The standard InChI is InChI=1S/C25H31N3O4S/c1-15-10-11-18(16(2)14-15)26-23(29)20-21-17-8-6-9-19(31-5)22(17)32-25(20,3)28(24(33)27-21)12-7-13-30-4/h6,8-11,14,20-21H,7,12-13H2,1-5H3,(H,26,29)(H,27,33)/t20-,21+,25+/m1/s1. The molecule has 0 aliphatic carbocycles. The topological polar surface area (TPSA) is 72.1 Å². The zero-order chi connectivity index (χ0) is 23.8. The minimum absolute atomic E-state index is 0.130. The van der Waals surface area contributed by atoms with Gasteiger partial charge < -0.3 is 29.7 Å². The molecule has 176 valence electrons. The van der Waals surface area contributed by atoms with Crippen LogP contribution in [0.25, 0.3) is 0 Å². The van der Waals surface area contributed by atoms with Gasteiger partial charge in [0.15, 0.2) is 22.3 Å². The lowest BCUT2D eigenvalue weighted by Crippen LogP contribution is -2.71. The molecule has 2 bridgehead atoms. The van der Waals surface area contributed by atoms with Crippen molar-refractivity contribution in [3.05, 3.63) is 53.1 Å². The average Bonchev–Trinajstić information content (AvgIpc) is 2.77. The molecule has 2 aliphatic heterocycles. The third-order valence-corrected chi connectivity index (χ3v) is 6.83. The Morgan fingerprint density at radius 1 is 1.27 bits per heavy atom. The number of hydrogen-bond acceptors (Lipinski definition) is 5. The fourth-order valence-electron chi connectivity index (χ4n) is 4.85. The number of fused-ring (bicyclic) bond motifs is 4. The second-order valence-corrected chi connectivity index (χ2v) is 9.13. The van der Waals surface area contributed by atoms with Crippen LogP contribution in [0.5, 0.6) is 11.5 Å². The Morgan fingerprint density at radius 2 is 2.06 bits per heavy atom. The average molecular weight is 470 g/mol. The number of ether oxygens (including phenoxy) is 3. The van der Waals surface area contributed by atoms with E-state index in [2.05, 4.69) is 16.7 Å². The molecule has 1 fully saturated rings. The first-order chi connectivity index (χ1) is 15.8. The molecule has 33 heavy (non-hydrogen) atoms. The molecule has 7 nitrogen and oxygen atoms in total. The van der Waals surface area contributed by atoms with E-state index in [1.807, 2.05) is 56.0 Å². The van der Waals surface area contributed by atoms with Gasteiger partial charge in [-0.2, -0.15) is 0 Å². The highest BCUT2D eigenvalue weighted by atomic mass is 32.1. The fraction of sp³-hybridized carbons (Fsp3) is 0.440. The van der Waals surface area contributed by atoms with E-state index in [9.17, 15) is 4.79 Å². The number of carbonyl (C=O) groups excluding carboxylic acids is 1. The molecule has 1 saturated heterocycles. The largest absolute Gasteiger partial charge is 0.493 e. The molecular weight excluding hydrogens is 438 g/mol. The van der Waals surface area contributed by atoms with Crippen molar-refractivity contribution in [2.75, 3.05) is 32.7 Å². The Kier molecular flexibility index (Phi) is 6.50. The predicted molar refractivity (Wildman–Crippen MR) is 132 cm³/mol. The van der Waals surface area contributed by atoms with Gasteiger partial charge in [-0.1, -0.05) is 29.8 Å². The van der Waals surface area contributed by atoms with E-state index >= 15 is 0 Å². The van der Waals surface area contributed by atoms with Crippen LogP contribution in [0.2, 0.25) is 0 Å². The lowest BCUT2D eigenvalue weighted by Gasteiger charge is -2.56. The number of thiocarbonyl (C=S) groups is 1. The van der Waals surface area contributed by atoms with Crippen molar-refractivity contribution in [3.63, 3.8) is 0 Å². The molecule has 1 amide bonds. The number of rotatable bonds is 7. The number of benzene rings is 2. The molecule has 0 unspecified atom stereocenters. The molecule has 4 rings (SSSR count). The van der Waals surface area contributed by atoms with Crippen LogP contribution in [0, 0.1) is 19.8 Å². The van der Waals surface area contributed by atoms with E-state index in [4.69, 9.17) is 26.4 Å². The van der Waals surface area contributed by atoms with E-state index in [0.717, 1.165) is 28.8 Å². The van der Waals surface area contributed by atoms with Crippen molar-refractivity contribution >= 4 is 28.9 Å². The van der Waals surface area contributed by atoms with E-state index in [1.165, 1.54) is 0 Å².